The number of likely N-dealkylation sites (tertiary alicyclic amines) is 1. The lowest BCUT2D eigenvalue weighted by molar-refractivity contribution is -0.136. The number of amides is 3. The molecule has 3 saturated heterocycles. The minimum atomic E-state index is -0.576. The highest BCUT2D eigenvalue weighted by atomic mass is 16.5. The van der Waals surface area contributed by atoms with Crippen LogP contribution in [0.25, 0.3) is 0 Å². The minimum Gasteiger partial charge on any atom is -0.497 e. The summed E-state index contributed by atoms with van der Waals surface area (Å²) in [5, 5.41) is 2.38. The van der Waals surface area contributed by atoms with E-state index in [0.29, 0.717) is 23.9 Å². The van der Waals surface area contributed by atoms with Gasteiger partial charge >= 0.3 is 0 Å². The molecule has 8 heteroatoms. The monoisotopic (exact) mass is 488 g/mol. The summed E-state index contributed by atoms with van der Waals surface area (Å²) in [5.74, 6) is 0.156. The molecule has 2 aromatic rings. The highest BCUT2D eigenvalue weighted by molar-refractivity contribution is 6.06. The van der Waals surface area contributed by atoms with Crippen LogP contribution in [0.3, 0.4) is 0 Å². The quantitative estimate of drug-likeness (QED) is 0.652. The molecule has 8 nitrogen and oxygen atoms in total. The van der Waals surface area contributed by atoms with E-state index in [9.17, 15) is 14.4 Å². The van der Waals surface area contributed by atoms with Gasteiger partial charge in [0.05, 0.1) is 7.11 Å². The van der Waals surface area contributed by atoms with Crippen molar-refractivity contribution < 1.29 is 19.1 Å². The predicted octanol–water partition coefficient (Wildman–Crippen LogP) is 2.56. The fourth-order valence-electron chi connectivity index (χ4n) is 6.29. The number of hydrogen-bond acceptors (Lipinski definition) is 6. The maximum Gasteiger partial charge on any atom is 0.255 e. The highest BCUT2D eigenvalue weighted by Crippen LogP contribution is 2.45. The molecule has 0 saturated carbocycles. The molecular weight excluding hydrogens is 456 g/mol. The molecule has 188 valence electrons. The van der Waals surface area contributed by atoms with Gasteiger partial charge in [0.1, 0.15) is 11.8 Å². The number of hydrogen-bond donors (Lipinski definition) is 1. The van der Waals surface area contributed by atoms with Crippen LogP contribution in [-0.2, 0) is 22.7 Å². The van der Waals surface area contributed by atoms with Crippen LogP contribution in [-0.4, -0.2) is 66.9 Å². The van der Waals surface area contributed by atoms with Gasteiger partial charge in [-0.05, 0) is 62.2 Å². The second-order valence-electron chi connectivity index (χ2n) is 10.7. The molecule has 0 radical (unpaired) electrons. The highest BCUT2D eigenvalue weighted by Gasteiger charge is 2.47. The van der Waals surface area contributed by atoms with Crippen LogP contribution >= 0.6 is 0 Å². The molecule has 3 fully saturated rings. The number of imide groups is 1. The molecule has 1 atom stereocenters. The minimum absolute atomic E-state index is 0.108. The Morgan fingerprint density at radius 3 is 2.47 bits per heavy atom. The standard InChI is InChI=1S/C28H32N4O4/c1-36-20-7-5-19(6-8-20)15-30-13-11-28(12-14-30)17-31(18-28)23-4-2-3-21-22(23)16-32(27(21)35)24-9-10-25(33)29-26(24)34/h2-8,24H,9-18H2,1H3,(H,29,33,34). The van der Waals surface area contributed by atoms with E-state index in [1.54, 1.807) is 12.0 Å². The van der Waals surface area contributed by atoms with Gasteiger partial charge in [-0.3, -0.25) is 24.6 Å². The summed E-state index contributed by atoms with van der Waals surface area (Å²) in [6.07, 6.45) is 3.01. The molecule has 0 aromatic heterocycles. The van der Waals surface area contributed by atoms with E-state index >= 15 is 0 Å². The SMILES string of the molecule is COc1ccc(CN2CCC3(CC2)CN(c2cccc4c2CN(C2CCC(=O)NC2=O)C4=O)C3)cc1. The van der Waals surface area contributed by atoms with Crippen LogP contribution in [0.1, 0.15) is 47.2 Å². The van der Waals surface area contributed by atoms with E-state index in [1.165, 1.54) is 18.4 Å². The van der Waals surface area contributed by atoms with Gasteiger partial charge in [-0.15, -0.1) is 0 Å². The van der Waals surface area contributed by atoms with Gasteiger partial charge in [-0.1, -0.05) is 18.2 Å². The van der Waals surface area contributed by atoms with Crippen LogP contribution in [0, 0.1) is 5.41 Å². The Balaban J connectivity index is 1.08. The van der Waals surface area contributed by atoms with Crippen molar-refractivity contribution >= 4 is 23.4 Å². The van der Waals surface area contributed by atoms with Crippen molar-refractivity contribution in [2.75, 3.05) is 38.2 Å². The third kappa shape index (κ3) is 4.03. The zero-order valence-corrected chi connectivity index (χ0v) is 20.7. The molecule has 1 unspecified atom stereocenters. The van der Waals surface area contributed by atoms with Crippen molar-refractivity contribution in [3.8, 4) is 5.75 Å². The van der Waals surface area contributed by atoms with E-state index in [-0.39, 0.29) is 24.1 Å². The Morgan fingerprint density at radius 2 is 1.78 bits per heavy atom. The molecule has 4 heterocycles. The number of methoxy groups -OCH3 is 1. The first-order valence-corrected chi connectivity index (χ1v) is 12.8. The number of rotatable bonds is 5. The third-order valence-electron chi connectivity index (χ3n) is 8.43. The number of anilines is 1. The van der Waals surface area contributed by atoms with E-state index in [1.807, 2.05) is 24.3 Å². The van der Waals surface area contributed by atoms with Gasteiger partial charge in [0, 0.05) is 54.8 Å². The number of piperidine rings is 2. The zero-order chi connectivity index (χ0) is 24.9. The van der Waals surface area contributed by atoms with Crippen LogP contribution in [0.4, 0.5) is 5.69 Å². The first kappa shape index (κ1) is 23.0. The summed E-state index contributed by atoms with van der Waals surface area (Å²) in [4.78, 5) is 43.7. The summed E-state index contributed by atoms with van der Waals surface area (Å²) in [6, 6.07) is 13.7. The molecule has 4 aliphatic rings. The van der Waals surface area contributed by atoms with E-state index < -0.39 is 6.04 Å². The number of ether oxygens (including phenoxy) is 1. The first-order chi connectivity index (χ1) is 17.4. The number of nitrogens with zero attached hydrogens (tertiary/aromatic N) is 3. The van der Waals surface area contributed by atoms with Crippen molar-refractivity contribution in [3.63, 3.8) is 0 Å². The lowest BCUT2D eigenvalue weighted by Crippen LogP contribution is -2.60. The Labute approximate surface area is 211 Å². The fourth-order valence-corrected chi connectivity index (χ4v) is 6.29. The van der Waals surface area contributed by atoms with Crippen molar-refractivity contribution in [2.45, 2.75) is 44.8 Å². The molecule has 6 rings (SSSR count). The summed E-state index contributed by atoms with van der Waals surface area (Å²) >= 11 is 0. The van der Waals surface area contributed by atoms with Crippen LogP contribution in [0.15, 0.2) is 42.5 Å². The number of carbonyl (C=O) groups is 3. The molecule has 3 amide bonds. The van der Waals surface area contributed by atoms with Gasteiger partial charge in [-0.25, -0.2) is 0 Å². The number of nitrogens with one attached hydrogen (secondary N) is 1. The smallest absolute Gasteiger partial charge is 0.255 e. The second kappa shape index (κ2) is 8.92. The van der Waals surface area contributed by atoms with Crippen LogP contribution in [0.5, 0.6) is 5.75 Å². The lowest BCUT2D eigenvalue weighted by Gasteiger charge is -2.55. The average molecular weight is 489 g/mol. The van der Waals surface area contributed by atoms with Crippen molar-refractivity contribution in [1.29, 1.82) is 0 Å². The summed E-state index contributed by atoms with van der Waals surface area (Å²) in [5.41, 5.74) is 4.46. The topological polar surface area (TPSA) is 82.2 Å². The summed E-state index contributed by atoms with van der Waals surface area (Å²) < 4.78 is 5.26. The van der Waals surface area contributed by atoms with Crippen molar-refractivity contribution in [3.05, 3.63) is 59.2 Å². The van der Waals surface area contributed by atoms with Gasteiger partial charge < -0.3 is 14.5 Å². The zero-order valence-electron chi connectivity index (χ0n) is 20.7. The van der Waals surface area contributed by atoms with E-state index in [0.717, 1.165) is 49.7 Å². The average Bonchev–Trinajstić information content (AvgIpc) is 3.20. The van der Waals surface area contributed by atoms with Crippen LogP contribution < -0.4 is 15.0 Å². The Kier molecular flexibility index (Phi) is 5.71. The van der Waals surface area contributed by atoms with Crippen molar-refractivity contribution in [1.82, 2.24) is 15.1 Å². The number of carbonyl (C=O) groups excluding carboxylic acids is 3. The van der Waals surface area contributed by atoms with E-state index in [2.05, 4.69) is 33.3 Å². The maximum absolute atomic E-state index is 13.2. The molecule has 1 N–H and O–H groups in total. The summed E-state index contributed by atoms with van der Waals surface area (Å²) in [6.45, 7) is 5.59. The Morgan fingerprint density at radius 1 is 1.03 bits per heavy atom. The Hall–Kier alpha value is -3.39. The van der Waals surface area contributed by atoms with Crippen molar-refractivity contribution in [2.24, 2.45) is 5.41 Å². The molecule has 0 aliphatic carbocycles. The van der Waals surface area contributed by atoms with E-state index in [4.69, 9.17) is 4.74 Å². The summed E-state index contributed by atoms with van der Waals surface area (Å²) in [7, 11) is 1.69. The maximum atomic E-state index is 13.2. The molecule has 1 spiro atoms. The van der Waals surface area contributed by atoms with Gasteiger partial charge in [0.15, 0.2) is 0 Å². The Bertz CT molecular complexity index is 1190. The lowest BCUT2D eigenvalue weighted by atomic mass is 9.71. The molecule has 36 heavy (non-hydrogen) atoms. The first-order valence-electron chi connectivity index (χ1n) is 12.8. The second-order valence-corrected chi connectivity index (χ2v) is 10.7. The van der Waals surface area contributed by atoms with Crippen LogP contribution in [0.2, 0.25) is 0 Å². The van der Waals surface area contributed by atoms with Gasteiger partial charge in [0.25, 0.3) is 5.91 Å². The fraction of sp³-hybridized carbons (Fsp3) is 0.464. The van der Waals surface area contributed by atoms with Gasteiger partial charge in [0.2, 0.25) is 11.8 Å². The molecular formula is C28H32N4O4. The molecule has 0 bridgehead atoms. The largest absolute Gasteiger partial charge is 0.497 e. The predicted molar refractivity (Wildman–Crippen MR) is 135 cm³/mol. The molecule has 4 aliphatic heterocycles. The third-order valence-corrected chi connectivity index (χ3v) is 8.43. The number of fused-ring (bicyclic) bond motifs is 1. The number of benzene rings is 2. The van der Waals surface area contributed by atoms with Gasteiger partial charge in [-0.2, -0.15) is 0 Å². The normalized spacial score (nSPS) is 23.5. The molecule has 2 aromatic carbocycles.